The molecule has 10 heteroatoms. The van der Waals surface area contributed by atoms with Gasteiger partial charge in [0.25, 0.3) is 0 Å². The van der Waals surface area contributed by atoms with Crippen LogP contribution in [0.15, 0.2) is 72.8 Å². The Labute approximate surface area is 247 Å². The lowest BCUT2D eigenvalue weighted by molar-refractivity contribution is -0.140. The first-order valence-corrected chi connectivity index (χ1v) is 15.7. The van der Waals surface area contributed by atoms with Gasteiger partial charge in [-0.1, -0.05) is 96.7 Å². The van der Waals surface area contributed by atoms with E-state index in [2.05, 4.69) is 5.32 Å². The Morgan fingerprint density at radius 3 is 2.27 bits per heavy atom. The van der Waals surface area contributed by atoms with Crippen molar-refractivity contribution in [1.29, 1.82) is 0 Å². The van der Waals surface area contributed by atoms with E-state index >= 15 is 0 Å². The largest absolute Gasteiger partial charge is 0.354 e. The summed E-state index contributed by atoms with van der Waals surface area (Å²) in [6, 6.07) is 20.6. The van der Waals surface area contributed by atoms with E-state index in [1.165, 1.54) is 23.1 Å². The van der Waals surface area contributed by atoms with Crippen molar-refractivity contribution >= 4 is 50.7 Å². The van der Waals surface area contributed by atoms with Gasteiger partial charge in [0.1, 0.15) is 12.6 Å². The van der Waals surface area contributed by atoms with E-state index in [9.17, 15) is 18.0 Å². The summed E-state index contributed by atoms with van der Waals surface area (Å²) < 4.78 is 26.7. The van der Waals surface area contributed by atoms with E-state index < -0.39 is 28.5 Å². The van der Waals surface area contributed by atoms with Crippen LogP contribution in [0.2, 0.25) is 10.0 Å². The molecule has 3 aromatic carbocycles. The number of carbonyl (C=O) groups excluding carboxylic acids is 2. The number of benzene rings is 3. The van der Waals surface area contributed by atoms with Crippen molar-refractivity contribution in [2.75, 3.05) is 23.7 Å². The quantitative estimate of drug-likeness (QED) is 0.257. The zero-order valence-corrected chi connectivity index (χ0v) is 25.3. The van der Waals surface area contributed by atoms with Gasteiger partial charge in [-0.15, -0.1) is 0 Å². The molecule has 0 saturated heterocycles. The summed E-state index contributed by atoms with van der Waals surface area (Å²) in [5.41, 5.74) is 2.83. The van der Waals surface area contributed by atoms with Crippen LogP contribution in [0, 0.1) is 6.92 Å². The SMILES string of the molecule is CCCCNC(=O)C(Cc1ccccc1)N(Cc1cccc(C)c1)C(=O)CN(c1ccc(Cl)cc1Cl)S(C)(=O)=O. The monoisotopic (exact) mass is 603 g/mol. The molecule has 7 nitrogen and oxygen atoms in total. The maximum Gasteiger partial charge on any atom is 0.244 e. The predicted molar refractivity (Wildman–Crippen MR) is 162 cm³/mol. The number of amides is 2. The standard InChI is InChI=1S/C30H35Cl2N3O4S/c1-4-5-16-33-30(37)28(18-23-11-7-6-8-12-23)34(20-24-13-9-10-22(2)17-24)29(36)21-35(40(3,38)39)27-15-14-25(31)19-26(27)32/h6-15,17,19,28H,4-5,16,18,20-21H2,1-3H3,(H,33,37). The molecule has 1 atom stereocenters. The van der Waals surface area contributed by atoms with Gasteiger partial charge < -0.3 is 10.2 Å². The molecule has 214 valence electrons. The third kappa shape index (κ3) is 8.98. The fourth-order valence-electron chi connectivity index (χ4n) is 4.35. The lowest BCUT2D eigenvalue weighted by Crippen LogP contribution is -2.53. The molecule has 1 N–H and O–H groups in total. The number of rotatable bonds is 13. The van der Waals surface area contributed by atoms with E-state index in [1.807, 2.05) is 68.4 Å². The third-order valence-corrected chi connectivity index (χ3v) is 8.06. The second kappa shape index (κ2) is 14.5. The number of hydrogen-bond acceptors (Lipinski definition) is 4. The molecule has 1 unspecified atom stereocenters. The topological polar surface area (TPSA) is 86.8 Å². The van der Waals surface area contributed by atoms with Crippen LogP contribution in [0.25, 0.3) is 0 Å². The number of hydrogen-bond donors (Lipinski definition) is 1. The minimum Gasteiger partial charge on any atom is -0.354 e. The lowest BCUT2D eigenvalue weighted by atomic mass is 10.0. The fraction of sp³-hybridized carbons (Fsp3) is 0.333. The summed E-state index contributed by atoms with van der Waals surface area (Å²) in [6.45, 7) is 4.03. The molecule has 3 rings (SSSR count). The van der Waals surface area contributed by atoms with Crippen molar-refractivity contribution in [2.24, 2.45) is 0 Å². The zero-order valence-electron chi connectivity index (χ0n) is 22.9. The van der Waals surface area contributed by atoms with Crippen molar-refractivity contribution in [3.63, 3.8) is 0 Å². The summed E-state index contributed by atoms with van der Waals surface area (Å²) >= 11 is 12.4. The number of sulfonamides is 1. The number of aryl methyl sites for hydroxylation is 1. The average Bonchev–Trinajstić information content (AvgIpc) is 2.89. The molecule has 2 amide bonds. The van der Waals surface area contributed by atoms with E-state index in [0.717, 1.165) is 40.1 Å². The lowest BCUT2D eigenvalue weighted by Gasteiger charge is -2.33. The predicted octanol–water partition coefficient (Wildman–Crippen LogP) is 5.62. The Balaban J connectivity index is 2.05. The van der Waals surface area contributed by atoms with Gasteiger partial charge in [0.05, 0.1) is 17.0 Å². The molecule has 0 aromatic heterocycles. The van der Waals surface area contributed by atoms with Crippen molar-refractivity contribution in [2.45, 2.75) is 45.7 Å². The minimum absolute atomic E-state index is 0.0918. The maximum atomic E-state index is 14.1. The number of halogens is 2. The van der Waals surface area contributed by atoms with E-state index in [1.54, 1.807) is 0 Å². The normalized spacial score (nSPS) is 12.0. The molecule has 40 heavy (non-hydrogen) atoms. The Hall–Kier alpha value is -3.07. The Morgan fingerprint density at radius 1 is 0.950 bits per heavy atom. The van der Waals surface area contributed by atoms with Crippen LogP contribution >= 0.6 is 23.2 Å². The number of carbonyl (C=O) groups is 2. The molecular weight excluding hydrogens is 569 g/mol. The summed E-state index contributed by atoms with van der Waals surface area (Å²) in [6.07, 6.45) is 2.97. The van der Waals surface area contributed by atoms with Gasteiger partial charge in [-0.05, 0) is 42.7 Å². The first-order valence-electron chi connectivity index (χ1n) is 13.1. The zero-order chi connectivity index (χ0) is 29.3. The smallest absolute Gasteiger partial charge is 0.244 e. The van der Waals surface area contributed by atoms with Crippen LogP contribution in [-0.2, 0) is 32.6 Å². The minimum atomic E-state index is -3.93. The molecule has 0 spiro atoms. The Kier molecular flexibility index (Phi) is 11.4. The molecule has 0 aliphatic heterocycles. The second-order valence-electron chi connectivity index (χ2n) is 9.73. The number of anilines is 1. The molecular formula is C30H35Cl2N3O4S. The van der Waals surface area contributed by atoms with Crippen molar-refractivity contribution < 1.29 is 18.0 Å². The van der Waals surface area contributed by atoms with E-state index in [-0.39, 0.29) is 29.6 Å². The summed E-state index contributed by atoms with van der Waals surface area (Å²) in [5.74, 6) is -0.835. The molecule has 0 aliphatic carbocycles. The van der Waals surface area contributed by atoms with Crippen molar-refractivity contribution in [1.82, 2.24) is 10.2 Å². The number of nitrogens with zero attached hydrogens (tertiary/aromatic N) is 2. The van der Waals surface area contributed by atoms with Crippen molar-refractivity contribution in [3.05, 3.63) is 99.5 Å². The van der Waals surface area contributed by atoms with Gasteiger partial charge in [0, 0.05) is 24.5 Å². The Bertz CT molecular complexity index is 1420. The average molecular weight is 605 g/mol. The number of nitrogens with one attached hydrogen (secondary N) is 1. The first-order chi connectivity index (χ1) is 19.0. The molecule has 0 fully saturated rings. The highest BCUT2D eigenvalue weighted by atomic mass is 35.5. The van der Waals surface area contributed by atoms with Crippen molar-refractivity contribution in [3.8, 4) is 0 Å². The molecule has 0 radical (unpaired) electrons. The van der Waals surface area contributed by atoms with Crippen LogP contribution in [0.1, 0.15) is 36.5 Å². The van der Waals surface area contributed by atoms with Crippen LogP contribution in [-0.4, -0.2) is 50.5 Å². The van der Waals surface area contributed by atoms with Crippen LogP contribution < -0.4 is 9.62 Å². The molecule has 3 aromatic rings. The molecule has 0 bridgehead atoms. The highest BCUT2D eigenvalue weighted by Gasteiger charge is 2.33. The molecule has 0 aliphatic rings. The fourth-order valence-corrected chi connectivity index (χ4v) is 5.77. The van der Waals surface area contributed by atoms with Gasteiger partial charge in [0.15, 0.2) is 0 Å². The van der Waals surface area contributed by atoms with Gasteiger partial charge in [-0.2, -0.15) is 0 Å². The Morgan fingerprint density at radius 2 is 1.65 bits per heavy atom. The van der Waals surface area contributed by atoms with Gasteiger partial charge in [-0.3, -0.25) is 13.9 Å². The molecule has 0 saturated carbocycles. The van der Waals surface area contributed by atoms with Crippen LogP contribution in [0.5, 0.6) is 0 Å². The molecule has 0 heterocycles. The van der Waals surface area contributed by atoms with Gasteiger partial charge in [0.2, 0.25) is 21.8 Å². The van der Waals surface area contributed by atoms with Crippen LogP contribution in [0.4, 0.5) is 5.69 Å². The highest BCUT2D eigenvalue weighted by Crippen LogP contribution is 2.30. The summed E-state index contributed by atoms with van der Waals surface area (Å²) in [4.78, 5) is 29.1. The summed E-state index contributed by atoms with van der Waals surface area (Å²) in [7, 11) is -3.93. The third-order valence-electron chi connectivity index (χ3n) is 6.39. The summed E-state index contributed by atoms with van der Waals surface area (Å²) in [5, 5.41) is 3.39. The van der Waals surface area contributed by atoms with Gasteiger partial charge >= 0.3 is 0 Å². The van der Waals surface area contributed by atoms with Gasteiger partial charge in [-0.25, -0.2) is 8.42 Å². The van der Waals surface area contributed by atoms with Crippen LogP contribution in [0.3, 0.4) is 0 Å². The maximum absolute atomic E-state index is 14.1. The highest BCUT2D eigenvalue weighted by molar-refractivity contribution is 7.92. The second-order valence-corrected chi connectivity index (χ2v) is 12.5. The first kappa shape index (κ1) is 31.5. The van der Waals surface area contributed by atoms with E-state index in [4.69, 9.17) is 23.2 Å². The number of unbranched alkanes of at least 4 members (excludes halogenated alkanes) is 1. The van der Waals surface area contributed by atoms with E-state index in [0.29, 0.717) is 11.6 Å².